The van der Waals surface area contributed by atoms with Gasteiger partial charge in [-0.3, -0.25) is 24.1 Å². The number of carbonyl (C=O) groups excluding carboxylic acids is 5. The Bertz CT molecular complexity index is 1390. The van der Waals surface area contributed by atoms with Crippen molar-refractivity contribution < 1.29 is 38.3 Å². The van der Waals surface area contributed by atoms with Gasteiger partial charge in [-0.15, -0.1) is 0 Å². The van der Waals surface area contributed by atoms with Gasteiger partial charge in [0.1, 0.15) is 0 Å². The lowest BCUT2D eigenvalue weighted by atomic mass is 10.1. The van der Waals surface area contributed by atoms with Crippen molar-refractivity contribution in [2.45, 2.75) is 27.2 Å². The maximum absolute atomic E-state index is 13.1. The maximum atomic E-state index is 13.1. The van der Waals surface area contributed by atoms with Crippen molar-refractivity contribution in [1.29, 1.82) is 0 Å². The molecule has 0 radical (unpaired) electrons. The van der Waals surface area contributed by atoms with Crippen LogP contribution >= 0.6 is 0 Å². The smallest absolute Gasteiger partial charge is 0.340 e. The first-order valence-corrected chi connectivity index (χ1v) is 13.3. The predicted molar refractivity (Wildman–Crippen MR) is 148 cm³/mol. The van der Waals surface area contributed by atoms with E-state index in [9.17, 15) is 24.0 Å². The average molecular weight is 562 g/mol. The summed E-state index contributed by atoms with van der Waals surface area (Å²) in [6, 6.07) is 13.1. The fourth-order valence-electron chi connectivity index (χ4n) is 4.72. The lowest BCUT2D eigenvalue weighted by Crippen LogP contribution is -2.37. The molecule has 4 rings (SSSR count). The van der Waals surface area contributed by atoms with Gasteiger partial charge in [-0.05, 0) is 49.6 Å². The summed E-state index contributed by atoms with van der Waals surface area (Å²) in [7, 11) is 0. The molecule has 1 aliphatic heterocycles. The third-order valence-corrected chi connectivity index (χ3v) is 6.62. The number of hydroxylamine groups is 2. The van der Waals surface area contributed by atoms with Crippen molar-refractivity contribution in [3.63, 3.8) is 0 Å². The van der Waals surface area contributed by atoms with E-state index >= 15 is 0 Å². The van der Waals surface area contributed by atoms with Crippen molar-refractivity contribution in [1.82, 2.24) is 9.96 Å². The van der Waals surface area contributed by atoms with Crippen molar-refractivity contribution in [3.8, 4) is 11.1 Å². The molecule has 3 amide bonds. The molecular formula is C30H31N3O8. The van der Waals surface area contributed by atoms with Gasteiger partial charge < -0.3 is 15.2 Å². The third-order valence-electron chi connectivity index (χ3n) is 6.62. The molecule has 0 atom stereocenters. The Balaban J connectivity index is 1.49. The van der Waals surface area contributed by atoms with E-state index in [4.69, 9.17) is 20.0 Å². The van der Waals surface area contributed by atoms with Crippen LogP contribution in [0.5, 0.6) is 0 Å². The Labute approximate surface area is 237 Å². The van der Waals surface area contributed by atoms with Crippen LogP contribution in [0.3, 0.4) is 0 Å². The number of ether oxygens (including phenoxy) is 2. The molecule has 2 N–H and O–H groups in total. The molecule has 0 fully saturated rings. The quantitative estimate of drug-likeness (QED) is 0.212. The summed E-state index contributed by atoms with van der Waals surface area (Å²) < 4.78 is 10.3. The second-order valence-electron chi connectivity index (χ2n) is 9.08. The van der Waals surface area contributed by atoms with Gasteiger partial charge in [-0.25, -0.2) is 14.7 Å². The van der Waals surface area contributed by atoms with Gasteiger partial charge in [0.05, 0.1) is 60.7 Å². The molecule has 214 valence electrons. The summed E-state index contributed by atoms with van der Waals surface area (Å²) in [5.74, 6) is -2.50. The van der Waals surface area contributed by atoms with Gasteiger partial charge in [0.2, 0.25) is 0 Å². The number of likely N-dealkylation sites (N-methyl/N-ethyl adjacent to an activating group) is 1. The molecule has 0 saturated carbocycles. The lowest BCUT2D eigenvalue weighted by Gasteiger charge is -2.22. The number of esters is 2. The summed E-state index contributed by atoms with van der Waals surface area (Å²) in [4.78, 5) is 70.3. The number of fused-ring (bicyclic) bond motifs is 2. The number of benzene rings is 1. The van der Waals surface area contributed by atoms with E-state index in [1.807, 2.05) is 0 Å². The normalized spacial score (nSPS) is 12.4. The number of hydrogen-bond acceptors (Lipinski definition) is 9. The summed E-state index contributed by atoms with van der Waals surface area (Å²) >= 11 is 0. The zero-order valence-corrected chi connectivity index (χ0v) is 23.1. The highest BCUT2D eigenvalue weighted by molar-refractivity contribution is 6.21. The Kier molecular flexibility index (Phi) is 8.98. The second-order valence-corrected chi connectivity index (χ2v) is 9.08. The zero-order chi connectivity index (χ0) is 29.7. The molecule has 0 spiro atoms. The van der Waals surface area contributed by atoms with Crippen molar-refractivity contribution >= 4 is 35.3 Å². The average Bonchev–Trinajstić information content (AvgIpc) is 3.27. The fraction of sp³-hybridized carbons (Fsp3) is 0.300. The molecule has 0 unspecified atom stereocenters. The van der Waals surface area contributed by atoms with E-state index < -0.39 is 23.8 Å². The number of anilines is 1. The number of carbonyl (C=O) groups is 5. The van der Waals surface area contributed by atoms with Gasteiger partial charge >= 0.3 is 11.9 Å². The first-order chi connectivity index (χ1) is 19.7. The monoisotopic (exact) mass is 561 g/mol. The molecule has 0 bridgehead atoms. The third kappa shape index (κ3) is 5.75. The minimum Gasteiger partial charge on any atom is -0.462 e. The topological polar surface area (TPSA) is 146 Å². The predicted octanol–water partition coefficient (Wildman–Crippen LogP) is 3.35. The number of nitrogens with zero attached hydrogens (tertiary/aromatic N) is 2. The Morgan fingerprint density at radius 1 is 0.780 bits per heavy atom. The van der Waals surface area contributed by atoms with E-state index in [-0.39, 0.29) is 62.1 Å². The minimum absolute atomic E-state index is 0.0139. The highest BCUT2D eigenvalue weighted by atomic mass is 16.7. The van der Waals surface area contributed by atoms with E-state index in [0.29, 0.717) is 27.8 Å². The number of nitrogen functional groups attached to an aromatic ring is 1. The molecule has 3 aliphatic rings. The first kappa shape index (κ1) is 29.2. The van der Waals surface area contributed by atoms with Crippen LogP contribution in [0.2, 0.25) is 0 Å². The molecule has 1 aromatic carbocycles. The molecule has 11 nitrogen and oxygen atoms in total. The molecule has 0 aromatic heterocycles. The van der Waals surface area contributed by atoms with Crippen LogP contribution in [0.15, 0.2) is 48.5 Å². The van der Waals surface area contributed by atoms with Crippen LogP contribution in [-0.4, -0.2) is 72.5 Å². The van der Waals surface area contributed by atoms with Crippen LogP contribution in [0.1, 0.15) is 67.8 Å². The Morgan fingerprint density at radius 2 is 1.29 bits per heavy atom. The number of rotatable bonds is 11. The molecular weight excluding hydrogens is 530 g/mol. The van der Waals surface area contributed by atoms with Crippen molar-refractivity contribution in [3.05, 3.63) is 76.3 Å². The summed E-state index contributed by atoms with van der Waals surface area (Å²) in [5, 5.41) is 1.16. The molecule has 11 heteroatoms. The number of nitrogens with two attached hydrogens (primary N) is 1. The molecule has 2 aliphatic carbocycles. The summed E-state index contributed by atoms with van der Waals surface area (Å²) in [5.41, 5.74) is 8.36. The van der Waals surface area contributed by atoms with E-state index in [0.717, 1.165) is 9.96 Å². The summed E-state index contributed by atoms with van der Waals surface area (Å²) in [6.07, 6.45) is -0.0584. The molecule has 1 heterocycles. The second kappa shape index (κ2) is 12.6. The number of amides is 3. The highest BCUT2D eigenvalue weighted by Crippen LogP contribution is 2.39. The van der Waals surface area contributed by atoms with Crippen LogP contribution in [0, 0.1) is 0 Å². The first-order valence-electron chi connectivity index (χ1n) is 13.3. The van der Waals surface area contributed by atoms with E-state index in [2.05, 4.69) is 0 Å². The van der Waals surface area contributed by atoms with Gasteiger partial charge in [0, 0.05) is 6.54 Å². The molecule has 41 heavy (non-hydrogen) atoms. The van der Waals surface area contributed by atoms with Crippen LogP contribution < -0.4 is 5.73 Å². The standard InChI is InChI=1S/C30H31N3O8/c1-4-33(41-16-15-32-27(35)21-9-7-8-10-22(21)28(32)36)23(34)17-18-11-13-19-20(14-12-18)25(30(38)40-6-3)26(31)24(19)29(37)39-5-2/h7-14H,4-6,15-17,31H2,1-3H3. The number of hydrogen-bond donors (Lipinski definition) is 1. The van der Waals surface area contributed by atoms with E-state index in [1.54, 1.807) is 69.3 Å². The van der Waals surface area contributed by atoms with Crippen LogP contribution in [-0.2, 0) is 25.5 Å². The van der Waals surface area contributed by atoms with E-state index in [1.165, 1.54) is 0 Å². The van der Waals surface area contributed by atoms with Gasteiger partial charge in [-0.1, -0.05) is 36.4 Å². The Hall–Kier alpha value is -4.77. The van der Waals surface area contributed by atoms with Crippen LogP contribution in [0.4, 0.5) is 5.69 Å². The maximum Gasteiger partial charge on any atom is 0.340 e. The Morgan fingerprint density at radius 3 is 1.76 bits per heavy atom. The minimum atomic E-state index is -0.669. The van der Waals surface area contributed by atoms with Crippen molar-refractivity contribution in [2.24, 2.45) is 0 Å². The molecule has 1 aromatic rings. The van der Waals surface area contributed by atoms with Gasteiger partial charge in [0.15, 0.2) is 0 Å². The highest BCUT2D eigenvalue weighted by Gasteiger charge is 2.35. The van der Waals surface area contributed by atoms with Gasteiger partial charge in [-0.2, -0.15) is 0 Å². The summed E-state index contributed by atoms with van der Waals surface area (Å²) in [6.45, 7) is 5.46. The zero-order valence-electron chi connectivity index (χ0n) is 23.1. The number of imide groups is 1. The van der Waals surface area contributed by atoms with Crippen molar-refractivity contribution in [2.75, 3.05) is 38.6 Å². The van der Waals surface area contributed by atoms with Crippen LogP contribution in [0.25, 0.3) is 11.1 Å². The SMILES string of the molecule is CCOC(=O)c1c2ccc(CC(=O)N(CC)OCCN3C(=O)c4ccccc4C3=O)ccc-2c(C(=O)OCC)c1N. The lowest BCUT2D eigenvalue weighted by molar-refractivity contribution is -0.184. The fourth-order valence-corrected chi connectivity index (χ4v) is 4.72. The largest absolute Gasteiger partial charge is 0.462 e. The molecule has 0 saturated heterocycles. The van der Waals surface area contributed by atoms with Gasteiger partial charge in [0.25, 0.3) is 17.7 Å².